The number of benzene rings is 3. The van der Waals surface area contributed by atoms with Crippen LogP contribution in [0.25, 0.3) is 0 Å². The third-order valence-corrected chi connectivity index (χ3v) is 8.78. The van der Waals surface area contributed by atoms with Crippen LogP contribution in [-0.2, 0) is 22.9 Å². The van der Waals surface area contributed by atoms with Crippen molar-refractivity contribution in [3.8, 4) is 17.2 Å². The minimum atomic E-state index is -3.93. The molecule has 226 valence electrons. The highest BCUT2D eigenvalue weighted by Gasteiger charge is 2.30. The Morgan fingerprint density at radius 1 is 0.976 bits per heavy atom. The summed E-state index contributed by atoms with van der Waals surface area (Å²) in [6, 6.07) is 21.0. The van der Waals surface area contributed by atoms with Gasteiger partial charge in [0.25, 0.3) is 0 Å². The Kier molecular flexibility index (Phi) is 10.7. The monoisotopic (exact) mass is 598 g/mol. The second-order valence-electron chi connectivity index (χ2n) is 10.6. The van der Waals surface area contributed by atoms with Crippen molar-refractivity contribution in [2.24, 2.45) is 5.92 Å². The molecule has 1 heterocycles. The Hall–Kier alpha value is -3.80. The maximum Gasteiger partial charge on any atom is 0.431 e. The Bertz CT molecular complexity index is 1410. The van der Waals surface area contributed by atoms with E-state index in [0.29, 0.717) is 23.9 Å². The van der Waals surface area contributed by atoms with Crippen molar-refractivity contribution >= 4 is 16.1 Å². The Morgan fingerprint density at radius 3 is 2.38 bits per heavy atom. The van der Waals surface area contributed by atoms with Gasteiger partial charge in [-0.1, -0.05) is 56.3 Å². The highest BCUT2D eigenvalue weighted by Crippen LogP contribution is 2.35. The molecule has 0 saturated carbocycles. The molecule has 1 atom stereocenters. The van der Waals surface area contributed by atoms with Gasteiger partial charge in [-0.05, 0) is 67.0 Å². The molecular weight excluding hydrogens is 560 g/mol. The molecule has 0 aliphatic carbocycles. The minimum Gasteiger partial charge on any atom is -0.494 e. The third kappa shape index (κ3) is 8.37. The number of aryl methyl sites for hydroxylation is 1. The molecule has 10 nitrogen and oxygen atoms in total. The fraction of sp³-hybridized carbons (Fsp3) is 0.387. The van der Waals surface area contributed by atoms with Gasteiger partial charge in [0.15, 0.2) is 11.5 Å². The smallest absolute Gasteiger partial charge is 0.431 e. The molecule has 0 aromatic heterocycles. The predicted octanol–water partition coefficient (Wildman–Crippen LogP) is 5.44. The average Bonchev–Trinajstić information content (AvgIpc) is 3.45. The summed E-state index contributed by atoms with van der Waals surface area (Å²) < 4.78 is 45.0. The van der Waals surface area contributed by atoms with Crippen LogP contribution in [0.4, 0.5) is 4.79 Å². The van der Waals surface area contributed by atoms with E-state index in [2.05, 4.69) is 12.1 Å². The van der Waals surface area contributed by atoms with E-state index in [9.17, 15) is 23.5 Å². The van der Waals surface area contributed by atoms with Crippen LogP contribution in [0.2, 0.25) is 0 Å². The Labute approximate surface area is 247 Å². The molecule has 4 rings (SSSR count). The molecule has 1 unspecified atom stereocenters. The lowest BCUT2D eigenvalue weighted by Gasteiger charge is -2.28. The van der Waals surface area contributed by atoms with Crippen LogP contribution in [0.3, 0.4) is 0 Å². The lowest BCUT2D eigenvalue weighted by Crippen LogP contribution is -2.42. The summed E-state index contributed by atoms with van der Waals surface area (Å²) in [5.74, 6) is 1.54. The quantitative estimate of drug-likeness (QED) is 0.135. The number of rotatable bonds is 15. The van der Waals surface area contributed by atoms with Gasteiger partial charge in [0.05, 0.1) is 17.5 Å². The molecule has 11 heteroatoms. The van der Waals surface area contributed by atoms with Crippen LogP contribution >= 0.6 is 0 Å². The second kappa shape index (κ2) is 14.4. The van der Waals surface area contributed by atoms with E-state index in [0.717, 1.165) is 18.4 Å². The second-order valence-corrected chi connectivity index (χ2v) is 12.6. The van der Waals surface area contributed by atoms with Gasteiger partial charge < -0.3 is 19.3 Å². The molecule has 1 aliphatic rings. The zero-order chi connectivity index (χ0) is 30.1. The standard InChI is InChI=1S/C31H38N2O8S/c1-23(2)21-32(42(37,38)28-14-15-29-30(20-28)41-22-40-29)17-16-26(33(36)31(34)35)19-25-10-12-27(13-11-25)39-18-6-9-24-7-4-3-5-8-24/h3-5,7-8,10-15,20,23,26,36H,6,9,16-19,21-22H2,1-2H3,(H,34,35). The number of hydrogen-bond acceptors (Lipinski definition) is 7. The number of hydroxylamine groups is 2. The molecule has 3 aromatic rings. The van der Waals surface area contributed by atoms with Crippen LogP contribution in [0.5, 0.6) is 17.2 Å². The summed E-state index contributed by atoms with van der Waals surface area (Å²) in [6.07, 6.45) is 0.551. The number of amides is 1. The zero-order valence-corrected chi connectivity index (χ0v) is 24.7. The molecule has 1 aliphatic heterocycles. The zero-order valence-electron chi connectivity index (χ0n) is 23.9. The van der Waals surface area contributed by atoms with Crippen molar-refractivity contribution in [3.63, 3.8) is 0 Å². The van der Waals surface area contributed by atoms with E-state index < -0.39 is 22.2 Å². The first-order valence-electron chi connectivity index (χ1n) is 14.0. The first-order valence-corrected chi connectivity index (χ1v) is 15.4. The van der Waals surface area contributed by atoms with Gasteiger partial charge in [-0.3, -0.25) is 5.21 Å². The van der Waals surface area contributed by atoms with E-state index >= 15 is 0 Å². The first-order chi connectivity index (χ1) is 20.1. The highest BCUT2D eigenvalue weighted by molar-refractivity contribution is 7.89. The summed E-state index contributed by atoms with van der Waals surface area (Å²) in [4.78, 5) is 11.7. The topological polar surface area (TPSA) is 126 Å². The maximum atomic E-state index is 13.6. The van der Waals surface area contributed by atoms with E-state index in [1.54, 1.807) is 6.07 Å². The number of carboxylic acid groups (broad SMARTS) is 1. The van der Waals surface area contributed by atoms with Gasteiger partial charge in [0.2, 0.25) is 16.8 Å². The van der Waals surface area contributed by atoms with Crippen LogP contribution in [0.1, 0.15) is 37.8 Å². The van der Waals surface area contributed by atoms with Gasteiger partial charge in [-0.2, -0.15) is 9.37 Å². The molecule has 0 saturated heterocycles. The van der Waals surface area contributed by atoms with Crippen molar-refractivity contribution < 1.29 is 37.7 Å². The van der Waals surface area contributed by atoms with Crippen molar-refractivity contribution in [2.75, 3.05) is 26.5 Å². The Morgan fingerprint density at radius 2 is 1.69 bits per heavy atom. The minimum absolute atomic E-state index is 0.00652. The van der Waals surface area contributed by atoms with E-state index in [1.165, 1.54) is 22.0 Å². The third-order valence-electron chi connectivity index (χ3n) is 6.92. The SMILES string of the molecule is CC(C)CN(CCC(Cc1ccc(OCCCc2ccccc2)cc1)N(O)C(=O)O)S(=O)(=O)c1ccc2c(c1)OCO2. The number of nitrogens with zero attached hydrogens (tertiary/aromatic N) is 2. The molecule has 1 amide bonds. The summed E-state index contributed by atoms with van der Waals surface area (Å²) in [5, 5.41) is 20.1. The predicted molar refractivity (Wildman–Crippen MR) is 157 cm³/mol. The van der Waals surface area contributed by atoms with Crippen LogP contribution in [0.15, 0.2) is 77.7 Å². The van der Waals surface area contributed by atoms with E-state index in [1.807, 2.05) is 56.3 Å². The van der Waals surface area contributed by atoms with Crippen molar-refractivity contribution in [1.82, 2.24) is 9.37 Å². The van der Waals surface area contributed by atoms with Crippen LogP contribution in [-0.4, -0.2) is 66.7 Å². The number of carbonyl (C=O) groups is 1. The highest BCUT2D eigenvalue weighted by atomic mass is 32.2. The molecule has 0 bridgehead atoms. The summed E-state index contributed by atoms with van der Waals surface area (Å²) in [5.41, 5.74) is 2.04. The summed E-state index contributed by atoms with van der Waals surface area (Å²) >= 11 is 0. The molecular formula is C31H38N2O8S. The van der Waals surface area contributed by atoms with Gasteiger partial charge in [-0.25, -0.2) is 13.2 Å². The molecule has 0 spiro atoms. The number of ether oxygens (including phenoxy) is 3. The van der Waals surface area contributed by atoms with Crippen molar-refractivity contribution in [3.05, 3.63) is 83.9 Å². The number of hydrogen-bond donors (Lipinski definition) is 2. The lowest BCUT2D eigenvalue weighted by molar-refractivity contribution is -0.0984. The van der Waals surface area contributed by atoms with Crippen LogP contribution < -0.4 is 14.2 Å². The molecule has 42 heavy (non-hydrogen) atoms. The Balaban J connectivity index is 1.39. The first kappa shape index (κ1) is 31.1. The summed E-state index contributed by atoms with van der Waals surface area (Å²) in [6.45, 7) is 4.62. The average molecular weight is 599 g/mol. The molecule has 2 N–H and O–H groups in total. The lowest BCUT2D eigenvalue weighted by atomic mass is 10.0. The van der Waals surface area contributed by atoms with Gasteiger partial charge in [0.1, 0.15) is 5.75 Å². The van der Waals surface area contributed by atoms with Gasteiger partial charge in [0, 0.05) is 19.2 Å². The summed E-state index contributed by atoms with van der Waals surface area (Å²) in [7, 11) is -3.93. The van der Waals surface area contributed by atoms with Gasteiger partial charge in [-0.15, -0.1) is 0 Å². The van der Waals surface area contributed by atoms with Crippen LogP contribution in [0, 0.1) is 5.92 Å². The fourth-order valence-electron chi connectivity index (χ4n) is 4.77. The van der Waals surface area contributed by atoms with Crippen molar-refractivity contribution in [2.45, 2.75) is 50.5 Å². The largest absolute Gasteiger partial charge is 0.494 e. The maximum absolute atomic E-state index is 13.6. The van der Waals surface area contributed by atoms with Gasteiger partial charge >= 0.3 is 6.09 Å². The van der Waals surface area contributed by atoms with E-state index in [-0.39, 0.29) is 48.6 Å². The molecule has 0 radical (unpaired) electrons. The normalized spacial score (nSPS) is 13.4. The molecule has 0 fully saturated rings. The number of sulfonamides is 1. The molecule has 3 aromatic carbocycles. The van der Waals surface area contributed by atoms with Crippen molar-refractivity contribution in [1.29, 1.82) is 0 Å². The fourth-order valence-corrected chi connectivity index (χ4v) is 6.40. The number of fused-ring (bicyclic) bond motifs is 1. The van der Waals surface area contributed by atoms with E-state index in [4.69, 9.17) is 14.2 Å².